The van der Waals surface area contributed by atoms with Gasteiger partial charge >= 0.3 is 6.03 Å². The number of hydrogen-bond acceptors (Lipinski definition) is 7. The van der Waals surface area contributed by atoms with Crippen LogP contribution < -0.4 is 25.6 Å². The van der Waals surface area contributed by atoms with E-state index in [1.807, 2.05) is 19.1 Å². The zero-order chi connectivity index (χ0) is 27.7. The van der Waals surface area contributed by atoms with Crippen molar-refractivity contribution in [2.45, 2.75) is 46.1 Å². The predicted octanol–water partition coefficient (Wildman–Crippen LogP) is 5.19. The molecule has 0 bridgehead atoms. The maximum absolute atomic E-state index is 13.5. The molecule has 1 aliphatic carbocycles. The Bertz CT molecular complexity index is 1510. The number of nitrogens with zero attached hydrogens (tertiary/aromatic N) is 3. The van der Waals surface area contributed by atoms with Crippen molar-refractivity contribution in [1.29, 1.82) is 0 Å². The average molecular weight is 547 g/mol. The van der Waals surface area contributed by atoms with Crippen LogP contribution in [0.4, 0.5) is 21.9 Å². The predicted molar refractivity (Wildman–Crippen MR) is 152 cm³/mol. The van der Waals surface area contributed by atoms with Gasteiger partial charge in [0.2, 0.25) is 11.8 Å². The quantitative estimate of drug-likeness (QED) is 0.334. The van der Waals surface area contributed by atoms with Crippen LogP contribution in [0.3, 0.4) is 0 Å². The van der Waals surface area contributed by atoms with Crippen LogP contribution in [0.2, 0.25) is 0 Å². The summed E-state index contributed by atoms with van der Waals surface area (Å²) in [5, 5.41) is 9.41. The zero-order valence-corrected chi connectivity index (χ0v) is 22.9. The molecule has 4 amide bonds. The zero-order valence-electron chi connectivity index (χ0n) is 22.0. The van der Waals surface area contributed by atoms with Gasteiger partial charge in [0.05, 0.1) is 41.3 Å². The van der Waals surface area contributed by atoms with E-state index in [0.717, 1.165) is 18.4 Å². The summed E-state index contributed by atoms with van der Waals surface area (Å²) >= 11 is 1.20. The number of pyridine rings is 2. The summed E-state index contributed by atoms with van der Waals surface area (Å²) in [7, 11) is 0. The Morgan fingerprint density at radius 2 is 2.15 bits per heavy atom. The Morgan fingerprint density at radius 1 is 1.33 bits per heavy atom. The first-order valence-electron chi connectivity index (χ1n) is 12.8. The van der Waals surface area contributed by atoms with Crippen molar-refractivity contribution in [2.24, 2.45) is 5.92 Å². The lowest BCUT2D eigenvalue weighted by Crippen LogP contribution is -2.42. The van der Waals surface area contributed by atoms with Crippen molar-refractivity contribution in [1.82, 2.24) is 20.6 Å². The van der Waals surface area contributed by atoms with Crippen LogP contribution in [0.25, 0.3) is 10.2 Å². The van der Waals surface area contributed by atoms with E-state index < -0.39 is 6.03 Å². The lowest BCUT2D eigenvalue weighted by molar-refractivity contribution is -0.117. The monoisotopic (exact) mass is 546 g/mol. The fourth-order valence-corrected chi connectivity index (χ4v) is 5.67. The van der Waals surface area contributed by atoms with Gasteiger partial charge in [0, 0.05) is 18.0 Å². The smallest absolute Gasteiger partial charge is 0.331 e. The molecule has 0 fully saturated rings. The van der Waals surface area contributed by atoms with Crippen molar-refractivity contribution in [2.75, 3.05) is 16.8 Å². The lowest BCUT2D eigenvalue weighted by Gasteiger charge is -2.29. The van der Waals surface area contributed by atoms with E-state index in [1.165, 1.54) is 17.4 Å². The molecule has 0 radical (unpaired) electrons. The highest BCUT2D eigenvalue weighted by Gasteiger charge is 2.34. The number of nitrogens with one attached hydrogen (secondary N) is 3. The molecular formula is C28H30N6O4S. The minimum absolute atomic E-state index is 0.301. The standard InChI is InChI=1S/C28H30N6O4S/c1-5-21(35)31-17-8-6-7-9-18(17)32-26(36)25-24-23-19(10-11-29-27(23)39-25)34(28(37)33-24)20-13-30-22(12-16(20)4)38-14-15(2)3/h5,9-13,15,17H,1,6-8,14H2,2-4H3,(H,31,35)(H,32,36)(H,33,37)/t17-/m0/s1. The van der Waals surface area contributed by atoms with E-state index in [1.54, 1.807) is 23.4 Å². The van der Waals surface area contributed by atoms with Gasteiger partial charge in [-0.2, -0.15) is 0 Å². The van der Waals surface area contributed by atoms with Crippen LogP contribution >= 0.6 is 11.3 Å². The van der Waals surface area contributed by atoms with Crippen molar-refractivity contribution in [3.63, 3.8) is 0 Å². The van der Waals surface area contributed by atoms with Gasteiger partial charge in [-0.3, -0.25) is 14.5 Å². The highest BCUT2D eigenvalue weighted by Crippen LogP contribution is 2.46. The van der Waals surface area contributed by atoms with E-state index >= 15 is 0 Å². The van der Waals surface area contributed by atoms with Crippen molar-refractivity contribution >= 4 is 56.5 Å². The SMILES string of the molecule is C=CC(=O)N[C@H]1CCCC=C1NC(=O)c1sc2nccc3c2c1NC(=O)N3c1cnc(OCC(C)C)cc1C. The fourth-order valence-electron chi connectivity index (χ4n) is 4.66. The molecule has 10 nitrogen and oxygen atoms in total. The van der Waals surface area contributed by atoms with Gasteiger partial charge in [0.25, 0.3) is 5.91 Å². The molecule has 4 heterocycles. The molecular weight excluding hydrogens is 516 g/mol. The molecule has 0 saturated heterocycles. The molecule has 3 aromatic rings. The van der Waals surface area contributed by atoms with E-state index in [2.05, 4.69) is 46.3 Å². The number of aromatic nitrogens is 2. The van der Waals surface area contributed by atoms with Crippen LogP contribution in [0, 0.1) is 12.8 Å². The Morgan fingerprint density at radius 3 is 2.90 bits per heavy atom. The normalized spacial score (nSPS) is 16.5. The number of hydrogen-bond donors (Lipinski definition) is 3. The fraction of sp³-hybridized carbons (Fsp3) is 0.321. The number of thiophene rings is 1. The Kier molecular flexibility index (Phi) is 7.34. The van der Waals surface area contributed by atoms with E-state index in [9.17, 15) is 14.4 Å². The number of ether oxygens (including phenoxy) is 1. The van der Waals surface area contributed by atoms with Crippen LogP contribution in [-0.2, 0) is 4.79 Å². The minimum Gasteiger partial charge on any atom is -0.477 e. The molecule has 1 atom stereocenters. The van der Waals surface area contributed by atoms with Gasteiger partial charge in [-0.05, 0) is 49.8 Å². The van der Waals surface area contributed by atoms with Crippen LogP contribution in [0.5, 0.6) is 5.88 Å². The van der Waals surface area contributed by atoms with Crippen molar-refractivity contribution < 1.29 is 19.1 Å². The second-order valence-corrected chi connectivity index (χ2v) is 10.9. The maximum atomic E-state index is 13.5. The topological polar surface area (TPSA) is 126 Å². The summed E-state index contributed by atoms with van der Waals surface area (Å²) in [6, 6.07) is 2.84. The maximum Gasteiger partial charge on any atom is 0.331 e. The van der Waals surface area contributed by atoms with E-state index in [-0.39, 0.29) is 17.9 Å². The number of carbonyl (C=O) groups excluding carboxylic acids is 3. The number of aryl methyl sites for hydroxylation is 1. The summed E-state index contributed by atoms with van der Waals surface area (Å²) in [5.74, 6) is 0.184. The summed E-state index contributed by atoms with van der Waals surface area (Å²) in [5.41, 5.74) is 3.08. The van der Waals surface area contributed by atoms with Crippen LogP contribution in [0.15, 0.2) is 49.0 Å². The molecule has 0 unspecified atom stereocenters. The molecule has 202 valence electrons. The number of rotatable bonds is 8. The Hall–Kier alpha value is -4.25. The molecule has 5 rings (SSSR count). The van der Waals surface area contributed by atoms with Crippen LogP contribution in [0.1, 0.15) is 48.3 Å². The van der Waals surface area contributed by atoms with Gasteiger partial charge in [0.1, 0.15) is 9.71 Å². The summed E-state index contributed by atoms with van der Waals surface area (Å²) in [6.07, 6.45) is 8.77. The number of urea groups is 1. The number of anilines is 3. The van der Waals surface area contributed by atoms with Crippen molar-refractivity contribution in [3.8, 4) is 5.88 Å². The first-order chi connectivity index (χ1) is 18.8. The number of carbonyl (C=O) groups is 3. The first-order valence-corrected chi connectivity index (χ1v) is 13.6. The third-order valence-electron chi connectivity index (χ3n) is 6.51. The summed E-state index contributed by atoms with van der Waals surface area (Å²) in [6.45, 7) is 10.1. The van der Waals surface area contributed by atoms with Gasteiger partial charge in [-0.15, -0.1) is 11.3 Å². The molecule has 0 saturated carbocycles. The molecule has 39 heavy (non-hydrogen) atoms. The third-order valence-corrected chi connectivity index (χ3v) is 7.61. The highest BCUT2D eigenvalue weighted by atomic mass is 32.1. The lowest BCUT2D eigenvalue weighted by atomic mass is 9.98. The summed E-state index contributed by atoms with van der Waals surface area (Å²) < 4.78 is 5.74. The van der Waals surface area contributed by atoms with Gasteiger partial charge in [-0.1, -0.05) is 26.5 Å². The van der Waals surface area contributed by atoms with Gasteiger partial charge in [0.15, 0.2) is 0 Å². The van der Waals surface area contributed by atoms with Gasteiger partial charge in [-0.25, -0.2) is 14.8 Å². The Labute approximate surface area is 230 Å². The highest BCUT2D eigenvalue weighted by molar-refractivity contribution is 7.21. The molecule has 1 aliphatic heterocycles. The second kappa shape index (κ2) is 10.9. The minimum atomic E-state index is -0.406. The molecule has 3 aromatic heterocycles. The third kappa shape index (κ3) is 5.22. The van der Waals surface area contributed by atoms with Crippen LogP contribution in [-0.4, -0.2) is 40.5 Å². The summed E-state index contributed by atoms with van der Waals surface area (Å²) in [4.78, 5) is 50.2. The average Bonchev–Trinajstić information content (AvgIpc) is 3.29. The van der Waals surface area contributed by atoms with E-state index in [0.29, 0.717) is 62.7 Å². The first kappa shape index (κ1) is 26.4. The largest absolute Gasteiger partial charge is 0.477 e. The molecule has 0 spiro atoms. The number of allylic oxidation sites excluding steroid dienone is 1. The molecule has 2 aliphatic rings. The molecule has 3 N–H and O–H groups in total. The van der Waals surface area contributed by atoms with E-state index in [4.69, 9.17) is 4.74 Å². The van der Waals surface area contributed by atoms with Crippen molar-refractivity contribution in [3.05, 3.63) is 59.4 Å². The molecule has 11 heteroatoms. The van der Waals surface area contributed by atoms with Gasteiger partial charge < -0.3 is 20.7 Å². The Balaban J connectivity index is 1.47. The second-order valence-electron chi connectivity index (χ2n) is 9.91. The number of amides is 4. The molecule has 0 aromatic carbocycles.